The van der Waals surface area contributed by atoms with E-state index in [0.717, 1.165) is 36.3 Å². The van der Waals surface area contributed by atoms with E-state index in [9.17, 15) is 0 Å². The van der Waals surface area contributed by atoms with Crippen LogP contribution in [0.5, 0.6) is 0 Å². The summed E-state index contributed by atoms with van der Waals surface area (Å²) in [5.41, 5.74) is -0.0308. The van der Waals surface area contributed by atoms with E-state index in [1.54, 1.807) is 6.20 Å². The van der Waals surface area contributed by atoms with Gasteiger partial charge in [-0.05, 0) is 47.8 Å². The molecule has 1 aromatic heterocycles. The third-order valence-corrected chi connectivity index (χ3v) is 3.33. The van der Waals surface area contributed by atoms with Crippen LogP contribution in [-0.2, 0) is 4.74 Å². The Bertz CT molecular complexity index is 337. The number of ether oxygens (including phenoxy) is 1. The molecule has 1 atom stereocenters. The maximum Gasteiger partial charge on any atom is 0.140 e. The summed E-state index contributed by atoms with van der Waals surface area (Å²) >= 11 is 3.46. The molecule has 1 aliphatic rings. The lowest BCUT2D eigenvalue weighted by Crippen LogP contribution is -2.32. The van der Waals surface area contributed by atoms with Crippen LogP contribution in [-0.4, -0.2) is 23.7 Å². The summed E-state index contributed by atoms with van der Waals surface area (Å²) < 4.78 is 6.69. The molecule has 4 heteroatoms. The normalized spacial score (nSPS) is 25.5. The molecule has 82 valence electrons. The van der Waals surface area contributed by atoms with Gasteiger partial charge in [-0.25, -0.2) is 4.98 Å². The predicted molar refractivity (Wildman–Crippen MR) is 64.0 cm³/mol. The van der Waals surface area contributed by atoms with Crippen LogP contribution in [0.3, 0.4) is 0 Å². The fourth-order valence-electron chi connectivity index (χ4n) is 1.76. The molecule has 1 aromatic rings. The second-order valence-corrected chi connectivity index (χ2v) is 4.94. The minimum atomic E-state index is -0.0308. The minimum absolute atomic E-state index is 0.0308. The first-order valence-corrected chi connectivity index (χ1v) is 5.97. The highest BCUT2D eigenvalue weighted by Crippen LogP contribution is 2.26. The number of hydrogen-bond donors (Lipinski definition) is 1. The Hall–Kier alpha value is -0.610. The maximum absolute atomic E-state index is 5.70. The van der Waals surface area contributed by atoms with Gasteiger partial charge in [-0.15, -0.1) is 0 Å². The van der Waals surface area contributed by atoms with Gasteiger partial charge in [0.1, 0.15) is 5.82 Å². The van der Waals surface area contributed by atoms with Crippen LogP contribution < -0.4 is 5.32 Å². The van der Waals surface area contributed by atoms with Crippen LogP contribution in [0.4, 0.5) is 5.82 Å². The molecule has 3 nitrogen and oxygen atoms in total. The molecule has 1 unspecified atom stereocenters. The molecule has 2 heterocycles. The van der Waals surface area contributed by atoms with Gasteiger partial charge in [0.2, 0.25) is 0 Å². The summed E-state index contributed by atoms with van der Waals surface area (Å²) in [4.78, 5) is 4.26. The van der Waals surface area contributed by atoms with Gasteiger partial charge in [0.25, 0.3) is 0 Å². The van der Waals surface area contributed by atoms with E-state index in [0.29, 0.717) is 0 Å². The average Bonchev–Trinajstić information content (AvgIpc) is 2.65. The standard InChI is InChI=1S/C11H15BrN2O/c1-11(5-3-7-15-11)8-14-10-9(12)4-2-6-13-10/h2,4,6H,3,5,7-8H2,1H3,(H,13,14). The van der Waals surface area contributed by atoms with Gasteiger partial charge >= 0.3 is 0 Å². The second-order valence-electron chi connectivity index (χ2n) is 4.09. The van der Waals surface area contributed by atoms with Crippen LogP contribution in [0, 0.1) is 0 Å². The van der Waals surface area contributed by atoms with Crippen molar-refractivity contribution in [2.45, 2.75) is 25.4 Å². The van der Waals surface area contributed by atoms with Crippen molar-refractivity contribution in [3.8, 4) is 0 Å². The van der Waals surface area contributed by atoms with Gasteiger partial charge in [-0.3, -0.25) is 0 Å². The summed E-state index contributed by atoms with van der Waals surface area (Å²) in [7, 11) is 0. The number of nitrogens with zero attached hydrogens (tertiary/aromatic N) is 1. The van der Waals surface area contributed by atoms with Crippen molar-refractivity contribution < 1.29 is 4.74 Å². The topological polar surface area (TPSA) is 34.2 Å². The maximum atomic E-state index is 5.70. The van der Waals surface area contributed by atoms with Gasteiger partial charge in [0.05, 0.1) is 10.1 Å². The highest BCUT2D eigenvalue weighted by atomic mass is 79.9. The molecule has 0 radical (unpaired) electrons. The summed E-state index contributed by atoms with van der Waals surface area (Å²) in [5.74, 6) is 0.884. The molecular formula is C11H15BrN2O. The van der Waals surface area contributed by atoms with E-state index in [1.165, 1.54) is 0 Å². The van der Waals surface area contributed by atoms with Gasteiger partial charge < -0.3 is 10.1 Å². The lowest BCUT2D eigenvalue weighted by Gasteiger charge is -2.23. The van der Waals surface area contributed by atoms with Crippen LogP contribution in [0.2, 0.25) is 0 Å². The Morgan fingerprint density at radius 1 is 1.67 bits per heavy atom. The van der Waals surface area contributed by atoms with E-state index in [-0.39, 0.29) is 5.60 Å². The summed E-state index contributed by atoms with van der Waals surface area (Å²) in [6, 6.07) is 3.89. The Labute approximate surface area is 98.4 Å². The van der Waals surface area contributed by atoms with E-state index in [1.807, 2.05) is 12.1 Å². The summed E-state index contributed by atoms with van der Waals surface area (Å²) in [6.45, 7) is 3.83. The zero-order valence-electron chi connectivity index (χ0n) is 8.79. The van der Waals surface area contributed by atoms with Crippen molar-refractivity contribution in [3.05, 3.63) is 22.8 Å². The zero-order chi connectivity index (χ0) is 10.7. The third kappa shape index (κ3) is 2.69. The van der Waals surface area contributed by atoms with Gasteiger partial charge in [0, 0.05) is 19.3 Å². The lowest BCUT2D eigenvalue weighted by molar-refractivity contribution is 0.0314. The third-order valence-electron chi connectivity index (χ3n) is 2.69. The first-order chi connectivity index (χ1) is 7.20. The molecule has 1 N–H and O–H groups in total. The van der Waals surface area contributed by atoms with Crippen molar-refractivity contribution in [2.24, 2.45) is 0 Å². The van der Waals surface area contributed by atoms with Gasteiger partial charge in [-0.2, -0.15) is 0 Å². The number of pyridine rings is 1. The fraction of sp³-hybridized carbons (Fsp3) is 0.545. The first-order valence-electron chi connectivity index (χ1n) is 5.18. The molecule has 0 aromatic carbocycles. The molecular weight excluding hydrogens is 256 g/mol. The molecule has 0 spiro atoms. The average molecular weight is 271 g/mol. The lowest BCUT2D eigenvalue weighted by atomic mass is 10.0. The molecule has 0 aliphatic carbocycles. The van der Waals surface area contributed by atoms with Crippen LogP contribution in [0.25, 0.3) is 0 Å². The Balaban J connectivity index is 1.95. The summed E-state index contributed by atoms with van der Waals surface area (Å²) in [5, 5.41) is 3.31. The number of hydrogen-bond acceptors (Lipinski definition) is 3. The molecule has 2 rings (SSSR count). The zero-order valence-corrected chi connectivity index (χ0v) is 10.4. The van der Waals surface area contributed by atoms with E-state index in [2.05, 4.69) is 33.2 Å². The number of rotatable bonds is 3. The highest BCUT2D eigenvalue weighted by Gasteiger charge is 2.29. The van der Waals surface area contributed by atoms with Crippen molar-refractivity contribution in [1.29, 1.82) is 0 Å². The monoisotopic (exact) mass is 270 g/mol. The quantitative estimate of drug-likeness (QED) is 0.917. The number of nitrogens with one attached hydrogen (secondary N) is 1. The first kappa shape index (κ1) is 10.9. The van der Waals surface area contributed by atoms with Crippen LogP contribution in [0.1, 0.15) is 19.8 Å². The van der Waals surface area contributed by atoms with Gasteiger partial charge in [-0.1, -0.05) is 0 Å². The van der Waals surface area contributed by atoms with E-state index in [4.69, 9.17) is 4.74 Å². The SMILES string of the molecule is CC1(CNc2ncccc2Br)CCCO1. The minimum Gasteiger partial charge on any atom is -0.373 e. The Kier molecular flexibility index (Phi) is 3.26. The van der Waals surface area contributed by atoms with Gasteiger partial charge in [0.15, 0.2) is 0 Å². The second kappa shape index (κ2) is 4.49. The van der Waals surface area contributed by atoms with Crippen molar-refractivity contribution in [1.82, 2.24) is 4.98 Å². The summed E-state index contributed by atoms with van der Waals surface area (Å²) in [6.07, 6.45) is 4.05. The number of halogens is 1. The molecule has 0 saturated carbocycles. The molecule has 1 fully saturated rings. The predicted octanol–water partition coefficient (Wildman–Crippen LogP) is 2.83. The molecule has 0 bridgehead atoms. The molecule has 0 amide bonds. The number of anilines is 1. The molecule has 1 saturated heterocycles. The number of aromatic nitrogens is 1. The van der Waals surface area contributed by atoms with E-state index < -0.39 is 0 Å². The van der Waals surface area contributed by atoms with Crippen LogP contribution in [0.15, 0.2) is 22.8 Å². The molecule has 15 heavy (non-hydrogen) atoms. The van der Waals surface area contributed by atoms with Crippen LogP contribution >= 0.6 is 15.9 Å². The Morgan fingerprint density at radius 3 is 3.20 bits per heavy atom. The van der Waals surface area contributed by atoms with Crippen molar-refractivity contribution in [2.75, 3.05) is 18.5 Å². The largest absolute Gasteiger partial charge is 0.373 e. The van der Waals surface area contributed by atoms with Crippen molar-refractivity contribution in [3.63, 3.8) is 0 Å². The van der Waals surface area contributed by atoms with Crippen molar-refractivity contribution >= 4 is 21.7 Å². The van der Waals surface area contributed by atoms with E-state index >= 15 is 0 Å². The molecule has 1 aliphatic heterocycles. The smallest absolute Gasteiger partial charge is 0.140 e. The highest BCUT2D eigenvalue weighted by molar-refractivity contribution is 9.10. The Morgan fingerprint density at radius 2 is 2.53 bits per heavy atom. The fourth-order valence-corrected chi connectivity index (χ4v) is 2.16.